The highest BCUT2D eigenvalue weighted by molar-refractivity contribution is 6.28. The summed E-state index contributed by atoms with van der Waals surface area (Å²) in [6, 6.07) is 9.92. The van der Waals surface area contributed by atoms with Crippen molar-refractivity contribution < 1.29 is 13.9 Å². The molecule has 1 aromatic carbocycles. The number of methoxy groups -OCH3 is 1. The van der Waals surface area contributed by atoms with Gasteiger partial charge in [0.15, 0.2) is 5.22 Å². The number of nitrogens with one attached hydrogen (secondary N) is 1. The minimum Gasteiger partial charge on any atom is -0.465 e. The molecule has 0 radical (unpaired) electrons. The van der Waals surface area contributed by atoms with E-state index >= 15 is 0 Å². The van der Waals surface area contributed by atoms with E-state index < -0.39 is 23.3 Å². The molecule has 9 nitrogen and oxygen atoms in total. The maximum Gasteiger partial charge on any atom is 0.337 e. The highest BCUT2D eigenvalue weighted by Crippen LogP contribution is 2.39. The number of aryl methyl sites for hydroxylation is 1. The highest BCUT2D eigenvalue weighted by atomic mass is 35.5. The van der Waals surface area contributed by atoms with Crippen molar-refractivity contribution in [2.24, 2.45) is 14.1 Å². The van der Waals surface area contributed by atoms with E-state index in [9.17, 15) is 14.4 Å². The van der Waals surface area contributed by atoms with E-state index in [-0.39, 0.29) is 5.22 Å². The molecule has 5 rings (SSSR count). The molecule has 0 saturated carbocycles. The Labute approximate surface area is 192 Å². The maximum atomic E-state index is 13.4. The predicted octanol–water partition coefficient (Wildman–Crippen LogP) is 2.43. The minimum atomic E-state index is -0.475. The molecule has 0 bridgehead atoms. The van der Waals surface area contributed by atoms with Crippen molar-refractivity contribution in [3.63, 3.8) is 0 Å². The number of benzene rings is 1. The average molecular weight is 469 g/mol. The summed E-state index contributed by atoms with van der Waals surface area (Å²) in [6.45, 7) is 1.14. The number of esters is 1. The van der Waals surface area contributed by atoms with Crippen molar-refractivity contribution in [2.45, 2.75) is 12.6 Å². The molecule has 3 aromatic heterocycles. The number of ether oxygens (including phenoxy) is 1. The standard InChI is InChI=1S/C23H21ClN4O5/c1-26-19-16(21(29)27(2)23(26)31)18(12-5-4-6-13(11-12)22(30)32-3)28-10-9-25-17(20(19)28)14-7-8-15(24)33-14/h4-8,11,17,25H,9-10H2,1-3H3. The number of hydrogen-bond acceptors (Lipinski definition) is 6. The molecule has 1 unspecified atom stereocenters. The van der Waals surface area contributed by atoms with E-state index in [1.54, 1.807) is 37.4 Å². The van der Waals surface area contributed by atoms with Gasteiger partial charge in [-0.15, -0.1) is 0 Å². The van der Waals surface area contributed by atoms with Crippen molar-refractivity contribution in [1.29, 1.82) is 0 Å². The van der Waals surface area contributed by atoms with E-state index in [4.69, 9.17) is 20.8 Å². The van der Waals surface area contributed by atoms with Gasteiger partial charge in [-0.25, -0.2) is 9.59 Å². The van der Waals surface area contributed by atoms with Gasteiger partial charge in [0.05, 0.1) is 35.0 Å². The van der Waals surface area contributed by atoms with Crippen LogP contribution in [0.1, 0.15) is 27.9 Å². The molecule has 0 fully saturated rings. The number of carbonyl (C=O) groups is 1. The molecule has 0 spiro atoms. The first-order chi connectivity index (χ1) is 15.8. The van der Waals surface area contributed by atoms with Crippen LogP contribution in [0.4, 0.5) is 0 Å². The molecular weight excluding hydrogens is 448 g/mol. The summed E-state index contributed by atoms with van der Waals surface area (Å²) >= 11 is 6.04. The second-order valence-corrected chi connectivity index (χ2v) is 8.29. The van der Waals surface area contributed by atoms with Gasteiger partial charge in [0.1, 0.15) is 11.8 Å². The van der Waals surface area contributed by atoms with Crippen LogP contribution < -0.4 is 16.6 Å². The van der Waals surface area contributed by atoms with Gasteiger partial charge in [0, 0.05) is 27.2 Å². The summed E-state index contributed by atoms with van der Waals surface area (Å²) in [5.41, 5.74) is 2.05. The van der Waals surface area contributed by atoms with Crippen molar-refractivity contribution in [2.75, 3.05) is 13.7 Å². The Morgan fingerprint density at radius 3 is 2.67 bits per heavy atom. The largest absolute Gasteiger partial charge is 0.465 e. The van der Waals surface area contributed by atoms with Crippen molar-refractivity contribution >= 4 is 28.5 Å². The summed E-state index contributed by atoms with van der Waals surface area (Å²) in [7, 11) is 4.41. The van der Waals surface area contributed by atoms with Crippen LogP contribution >= 0.6 is 11.6 Å². The molecule has 4 heterocycles. The van der Waals surface area contributed by atoms with Crippen LogP contribution in [0.2, 0.25) is 5.22 Å². The normalized spacial score (nSPS) is 15.6. The van der Waals surface area contributed by atoms with E-state index in [0.29, 0.717) is 46.6 Å². The zero-order valence-electron chi connectivity index (χ0n) is 18.2. The molecule has 170 valence electrons. The number of carbonyl (C=O) groups excluding carboxylic acids is 1. The van der Waals surface area contributed by atoms with Crippen LogP contribution in [0, 0.1) is 0 Å². The smallest absolute Gasteiger partial charge is 0.337 e. The summed E-state index contributed by atoms with van der Waals surface area (Å²) in [6.07, 6.45) is 0. The number of rotatable bonds is 3. The third-order valence-electron chi connectivity index (χ3n) is 6.10. The van der Waals surface area contributed by atoms with Gasteiger partial charge in [-0.3, -0.25) is 13.9 Å². The third kappa shape index (κ3) is 3.15. The Kier molecular flexibility index (Phi) is 5.02. The topological polar surface area (TPSA) is 100 Å². The first-order valence-electron chi connectivity index (χ1n) is 10.3. The molecule has 33 heavy (non-hydrogen) atoms. The number of furan rings is 1. The van der Waals surface area contributed by atoms with Crippen LogP contribution in [0.15, 0.2) is 50.4 Å². The molecule has 1 atom stereocenters. The molecule has 10 heteroatoms. The second kappa shape index (κ2) is 7.79. The number of fused-ring (bicyclic) bond motifs is 3. The molecule has 4 aromatic rings. The van der Waals surface area contributed by atoms with Crippen molar-refractivity contribution in [3.05, 3.63) is 79.5 Å². The predicted molar refractivity (Wildman–Crippen MR) is 123 cm³/mol. The van der Waals surface area contributed by atoms with Crippen LogP contribution in [0.3, 0.4) is 0 Å². The lowest BCUT2D eigenvalue weighted by Crippen LogP contribution is -2.38. The molecule has 0 aliphatic carbocycles. The second-order valence-electron chi connectivity index (χ2n) is 7.92. The number of nitrogens with zero attached hydrogens (tertiary/aromatic N) is 3. The van der Waals surface area contributed by atoms with E-state index in [0.717, 1.165) is 10.3 Å². The lowest BCUT2D eigenvalue weighted by Gasteiger charge is -2.27. The van der Waals surface area contributed by atoms with E-state index in [1.807, 2.05) is 10.6 Å². The molecule has 0 amide bonds. The lowest BCUT2D eigenvalue weighted by molar-refractivity contribution is 0.0601. The third-order valence-corrected chi connectivity index (χ3v) is 6.30. The molecule has 1 aliphatic rings. The number of aromatic nitrogens is 3. The number of halogens is 1. The first kappa shape index (κ1) is 21.3. The zero-order valence-corrected chi connectivity index (χ0v) is 19.0. The Balaban J connectivity index is 1.92. The van der Waals surface area contributed by atoms with E-state index in [2.05, 4.69) is 5.32 Å². The minimum absolute atomic E-state index is 0.246. The van der Waals surface area contributed by atoms with Crippen molar-refractivity contribution in [3.8, 4) is 11.3 Å². The first-order valence-corrected chi connectivity index (χ1v) is 10.7. The Hall–Kier alpha value is -3.56. The maximum absolute atomic E-state index is 13.4. The summed E-state index contributed by atoms with van der Waals surface area (Å²) in [4.78, 5) is 38.4. The van der Waals surface area contributed by atoms with Crippen LogP contribution in [0.25, 0.3) is 22.2 Å². The van der Waals surface area contributed by atoms with Gasteiger partial charge in [-0.2, -0.15) is 0 Å². The summed E-state index contributed by atoms with van der Waals surface area (Å²) < 4.78 is 15.1. The summed E-state index contributed by atoms with van der Waals surface area (Å²) in [5, 5.41) is 4.05. The van der Waals surface area contributed by atoms with Gasteiger partial charge in [-0.05, 0) is 41.4 Å². The van der Waals surface area contributed by atoms with Crippen LogP contribution in [0.5, 0.6) is 0 Å². The van der Waals surface area contributed by atoms with Gasteiger partial charge in [0.2, 0.25) is 0 Å². The molecule has 1 aliphatic heterocycles. The zero-order chi connectivity index (χ0) is 23.4. The fraction of sp³-hybridized carbons (Fsp3) is 0.261. The number of hydrogen-bond donors (Lipinski definition) is 1. The highest BCUT2D eigenvalue weighted by Gasteiger charge is 2.33. The van der Waals surface area contributed by atoms with Gasteiger partial charge in [0.25, 0.3) is 5.56 Å². The Morgan fingerprint density at radius 1 is 1.18 bits per heavy atom. The SMILES string of the molecule is COC(=O)c1cccc(-c2c3c(=O)n(C)c(=O)n(C)c3c3n2CCNC3c2ccc(Cl)o2)c1. The van der Waals surface area contributed by atoms with Gasteiger partial charge < -0.3 is 19.0 Å². The quantitative estimate of drug-likeness (QED) is 0.463. The van der Waals surface area contributed by atoms with Crippen LogP contribution in [-0.2, 0) is 25.4 Å². The lowest BCUT2D eigenvalue weighted by atomic mass is 10.1. The Bertz CT molecular complexity index is 1540. The monoisotopic (exact) mass is 468 g/mol. The van der Waals surface area contributed by atoms with Gasteiger partial charge in [-0.1, -0.05) is 12.1 Å². The fourth-order valence-electron chi connectivity index (χ4n) is 4.61. The van der Waals surface area contributed by atoms with Crippen LogP contribution in [-0.4, -0.2) is 33.3 Å². The molecular formula is C23H21ClN4O5. The van der Waals surface area contributed by atoms with Gasteiger partial charge >= 0.3 is 11.7 Å². The van der Waals surface area contributed by atoms with Crippen molar-refractivity contribution in [1.82, 2.24) is 19.0 Å². The average Bonchev–Trinajstić information content (AvgIpc) is 3.42. The van der Waals surface area contributed by atoms with E-state index in [1.165, 1.54) is 18.7 Å². The molecule has 1 N–H and O–H groups in total. The summed E-state index contributed by atoms with van der Waals surface area (Å²) in [5.74, 6) is 0.0972. The fourth-order valence-corrected chi connectivity index (χ4v) is 4.77. The Morgan fingerprint density at radius 2 is 1.97 bits per heavy atom. The molecule has 0 saturated heterocycles.